The van der Waals surface area contributed by atoms with Gasteiger partial charge < -0.3 is 14.3 Å². The molecule has 2 aromatic carbocycles. The molecule has 32 heavy (non-hydrogen) atoms. The Kier molecular flexibility index (Phi) is 6.06. The van der Waals surface area contributed by atoms with Gasteiger partial charge in [0.1, 0.15) is 5.75 Å². The van der Waals surface area contributed by atoms with Gasteiger partial charge in [-0.15, -0.1) is 0 Å². The number of ether oxygens (including phenoxy) is 1. The summed E-state index contributed by atoms with van der Waals surface area (Å²) in [7, 11) is 0. The molecule has 1 atom stereocenters. The third-order valence-corrected chi connectivity index (χ3v) is 6.27. The molecule has 0 fully saturated rings. The highest BCUT2D eigenvalue weighted by Crippen LogP contribution is 2.29. The first kappa shape index (κ1) is 22.1. The number of aromatic amines is 1. The van der Waals surface area contributed by atoms with E-state index in [1.54, 1.807) is 12.1 Å². The number of hydrogen-bond acceptors (Lipinski definition) is 4. The van der Waals surface area contributed by atoms with Crippen molar-refractivity contribution in [3.63, 3.8) is 0 Å². The summed E-state index contributed by atoms with van der Waals surface area (Å²) >= 11 is 1.39. The maximum Gasteiger partial charge on any atom is 0.387 e. The average Bonchev–Trinajstić information content (AvgIpc) is 3.26. The Balaban J connectivity index is 1.56. The summed E-state index contributed by atoms with van der Waals surface area (Å²) in [5, 5.41) is 0.363. The number of halogens is 2. The van der Waals surface area contributed by atoms with Gasteiger partial charge in [-0.25, -0.2) is 4.98 Å². The van der Waals surface area contributed by atoms with Crippen LogP contribution >= 0.6 is 11.8 Å². The van der Waals surface area contributed by atoms with Crippen LogP contribution in [0, 0.1) is 20.8 Å². The van der Waals surface area contributed by atoms with Crippen LogP contribution < -0.4 is 4.74 Å². The van der Waals surface area contributed by atoms with Crippen LogP contribution in [0.5, 0.6) is 5.75 Å². The van der Waals surface area contributed by atoms with Crippen molar-refractivity contribution in [1.29, 1.82) is 0 Å². The Morgan fingerprint density at radius 2 is 1.81 bits per heavy atom. The lowest BCUT2D eigenvalue weighted by atomic mass is 10.1. The van der Waals surface area contributed by atoms with E-state index < -0.39 is 6.61 Å². The average molecular weight is 456 g/mol. The molecule has 0 bridgehead atoms. The van der Waals surface area contributed by atoms with Crippen LogP contribution in [-0.2, 0) is 0 Å². The largest absolute Gasteiger partial charge is 0.435 e. The minimum Gasteiger partial charge on any atom is -0.435 e. The second-order valence-corrected chi connectivity index (χ2v) is 9.01. The smallest absolute Gasteiger partial charge is 0.387 e. The van der Waals surface area contributed by atoms with E-state index in [9.17, 15) is 13.6 Å². The van der Waals surface area contributed by atoms with Crippen molar-refractivity contribution in [3.05, 3.63) is 71.0 Å². The summed E-state index contributed by atoms with van der Waals surface area (Å²) in [5.74, 6) is 0.0946. The topological polar surface area (TPSA) is 59.9 Å². The molecule has 0 aliphatic heterocycles. The van der Waals surface area contributed by atoms with Gasteiger partial charge in [0, 0.05) is 22.6 Å². The van der Waals surface area contributed by atoms with Crippen molar-refractivity contribution >= 4 is 28.6 Å². The molecule has 2 heterocycles. The molecule has 0 radical (unpaired) electrons. The fourth-order valence-electron chi connectivity index (χ4n) is 3.78. The van der Waals surface area contributed by atoms with E-state index >= 15 is 0 Å². The fourth-order valence-corrected chi connectivity index (χ4v) is 4.67. The zero-order valence-electron chi connectivity index (χ0n) is 18.1. The number of H-pyrrole nitrogens is 1. The van der Waals surface area contributed by atoms with Gasteiger partial charge in [0.25, 0.3) is 0 Å². The first-order valence-electron chi connectivity index (χ1n) is 10.1. The molecule has 1 N–H and O–H groups in total. The SMILES string of the molecule is Cc1ccc2nc(S[C@H](C)C(=O)c3cc(C)n(-c4ccc(OC(F)F)cc4)c3C)[nH]c2c1. The third-order valence-electron chi connectivity index (χ3n) is 5.29. The quantitative estimate of drug-likeness (QED) is 0.265. The van der Waals surface area contributed by atoms with Crippen molar-refractivity contribution < 1.29 is 18.3 Å². The van der Waals surface area contributed by atoms with Gasteiger partial charge >= 0.3 is 6.61 Å². The molecule has 0 amide bonds. The van der Waals surface area contributed by atoms with Crippen LogP contribution in [0.4, 0.5) is 8.78 Å². The van der Waals surface area contributed by atoms with Gasteiger partial charge in [-0.1, -0.05) is 17.8 Å². The number of imidazole rings is 1. The highest BCUT2D eigenvalue weighted by atomic mass is 32.2. The zero-order valence-corrected chi connectivity index (χ0v) is 19.0. The van der Waals surface area contributed by atoms with E-state index in [0.29, 0.717) is 10.7 Å². The molecule has 8 heteroatoms. The highest BCUT2D eigenvalue weighted by molar-refractivity contribution is 8.00. The van der Waals surface area contributed by atoms with Crippen molar-refractivity contribution in [2.45, 2.75) is 44.7 Å². The van der Waals surface area contributed by atoms with Crippen LogP contribution in [-0.4, -0.2) is 32.2 Å². The van der Waals surface area contributed by atoms with Crippen LogP contribution in [0.15, 0.2) is 53.7 Å². The number of aryl methyl sites for hydroxylation is 2. The predicted molar refractivity (Wildman–Crippen MR) is 122 cm³/mol. The Labute approximate surface area is 188 Å². The number of aromatic nitrogens is 3. The molecule has 166 valence electrons. The number of thioether (sulfide) groups is 1. The van der Waals surface area contributed by atoms with E-state index in [-0.39, 0.29) is 16.8 Å². The van der Waals surface area contributed by atoms with Crippen LogP contribution in [0.2, 0.25) is 0 Å². The summed E-state index contributed by atoms with van der Waals surface area (Å²) in [6.45, 7) is 4.82. The van der Waals surface area contributed by atoms with Crippen LogP contribution in [0.25, 0.3) is 16.7 Å². The predicted octanol–water partition coefficient (Wildman–Crippen LogP) is 6.24. The number of ketones is 1. The lowest BCUT2D eigenvalue weighted by Gasteiger charge is -2.12. The van der Waals surface area contributed by atoms with Crippen molar-refractivity contribution in [2.75, 3.05) is 0 Å². The first-order chi connectivity index (χ1) is 15.2. The third kappa shape index (κ3) is 4.41. The number of carbonyl (C=O) groups is 1. The lowest BCUT2D eigenvalue weighted by molar-refractivity contribution is -0.0498. The maximum absolute atomic E-state index is 13.2. The molecule has 0 aliphatic carbocycles. The number of nitrogens with one attached hydrogen (secondary N) is 1. The number of fused-ring (bicyclic) bond motifs is 1. The normalized spacial score (nSPS) is 12.5. The molecule has 5 nitrogen and oxygen atoms in total. The minimum atomic E-state index is -2.87. The molecule has 0 unspecified atom stereocenters. The molecule has 4 aromatic rings. The maximum atomic E-state index is 13.2. The summed E-state index contributed by atoms with van der Waals surface area (Å²) in [5.41, 5.74) is 6.03. The van der Waals surface area contributed by atoms with Crippen molar-refractivity contribution in [1.82, 2.24) is 14.5 Å². The number of carbonyl (C=O) groups excluding carboxylic acids is 1. The molecular weight excluding hydrogens is 432 g/mol. The van der Waals surface area contributed by atoms with Gasteiger partial charge in [0.2, 0.25) is 0 Å². The lowest BCUT2D eigenvalue weighted by Crippen LogP contribution is -2.14. The Morgan fingerprint density at radius 1 is 1.09 bits per heavy atom. The van der Waals surface area contributed by atoms with Gasteiger partial charge in [-0.05, 0) is 75.7 Å². The number of Topliss-reactive ketones (excluding diaryl/α,β-unsaturated/α-hetero) is 1. The Hall–Kier alpha value is -3.13. The zero-order chi connectivity index (χ0) is 23.0. The van der Waals surface area contributed by atoms with Crippen molar-refractivity contribution in [3.8, 4) is 11.4 Å². The van der Waals surface area contributed by atoms with Crippen molar-refractivity contribution in [2.24, 2.45) is 0 Å². The van der Waals surface area contributed by atoms with Gasteiger partial charge in [0.15, 0.2) is 10.9 Å². The summed E-state index contributed by atoms with van der Waals surface area (Å²) in [6.07, 6.45) is 0. The van der Waals surface area contributed by atoms with E-state index in [2.05, 4.69) is 14.7 Å². The van der Waals surface area contributed by atoms with E-state index in [4.69, 9.17) is 0 Å². The fraction of sp³-hybridized carbons (Fsp3) is 0.250. The molecule has 0 aliphatic rings. The van der Waals surface area contributed by atoms with Crippen LogP contribution in [0.1, 0.15) is 34.2 Å². The highest BCUT2D eigenvalue weighted by Gasteiger charge is 2.23. The standard InChI is InChI=1S/C24H23F2N3O2S/c1-13-5-10-20-21(11-13)28-24(27-20)32-16(4)22(30)19-12-14(2)29(15(19)3)17-6-8-18(9-7-17)31-23(25)26/h5-12,16,23H,1-4H3,(H,27,28)/t16-/m1/s1. The Morgan fingerprint density at radius 3 is 2.50 bits per heavy atom. The number of benzene rings is 2. The second-order valence-electron chi connectivity index (χ2n) is 7.68. The second kappa shape index (κ2) is 8.78. The molecular formula is C24H23F2N3O2S. The monoisotopic (exact) mass is 455 g/mol. The summed E-state index contributed by atoms with van der Waals surface area (Å²) in [4.78, 5) is 21.1. The molecule has 0 saturated heterocycles. The van der Waals surface area contributed by atoms with Gasteiger partial charge in [0.05, 0.1) is 16.3 Å². The van der Waals surface area contributed by atoms with Gasteiger partial charge in [-0.2, -0.15) is 8.78 Å². The Bertz CT molecular complexity index is 1280. The van der Waals surface area contributed by atoms with E-state index in [1.807, 2.05) is 56.5 Å². The van der Waals surface area contributed by atoms with Gasteiger partial charge in [-0.3, -0.25) is 4.79 Å². The molecule has 0 saturated carbocycles. The first-order valence-corrected chi connectivity index (χ1v) is 11.0. The van der Waals surface area contributed by atoms with E-state index in [1.165, 1.54) is 23.9 Å². The summed E-state index contributed by atoms with van der Waals surface area (Å²) < 4.78 is 31.1. The number of rotatable bonds is 7. The summed E-state index contributed by atoms with van der Waals surface area (Å²) in [6, 6.07) is 14.2. The molecule has 2 aromatic heterocycles. The number of hydrogen-bond donors (Lipinski definition) is 1. The van der Waals surface area contributed by atoms with Crippen LogP contribution in [0.3, 0.4) is 0 Å². The minimum absolute atomic E-state index is 0.00337. The molecule has 4 rings (SSSR count). The number of alkyl halides is 2. The molecule has 0 spiro atoms. The number of nitrogens with zero attached hydrogens (tertiary/aromatic N) is 2. The van der Waals surface area contributed by atoms with E-state index in [0.717, 1.165) is 33.7 Å².